The molecule has 24 heavy (non-hydrogen) atoms. The maximum Gasteiger partial charge on any atom is 0.366 e. The lowest BCUT2D eigenvalue weighted by molar-refractivity contribution is 0.0727. The monoisotopic (exact) mass is 321 g/mol. The summed E-state index contributed by atoms with van der Waals surface area (Å²) in [6.45, 7) is 3.17. The summed E-state index contributed by atoms with van der Waals surface area (Å²) in [5, 5.41) is 8.44. The first-order chi connectivity index (χ1) is 11.5. The molecule has 3 aromatic rings. The van der Waals surface area contributed by atoms with Crippen LogP contribution in [-0.4, -0.2) is 26.7 Å². The summed E-state index contributed by atoms with van der Waals surface area (Å²) in [7, 11) is 0. The summed E-state index contributed by atoms with van der Waals surface area (Å²) in [5.41, 5.74) is 1.94. The van der Waals surface area contributed by atoms with Gasteiger partial charge in [-0.15, -0.1) is 5.10 Å². The average molecular weight is 321 g/mol. The topological polar surface area (TPSA) is 74.1 Å². The number of ketones is 1. The van der Waals surface area contributed by atoms with Gasteiger partial charge in [0.05, 0.1) is 11.4 Å². The Bertz CT molecular complexity index is 884. The summed E-state index contributed by atoms with van der Waals surface area (Å²) < 4.78 is 5.30. The van der Waals surface area contributed by atoms with Gasteiger partial charge in [0.1, 0.15) is 5.75 Å². The van der Waals surface area contributed by atoms with Gasteiger partial charge >= 0.3 is 5.97 Å². The van der Waals surface area contributed by atoms with Crippen LogP contribution in [0.5, 0.6) is 5.75 Å². The molecular weight excluding hydrogens is 306 g/mol. The third kappa shape index (κ3) is 3.22. The van der Waals surface area contributed by atoms with E-state index in [1.165, 1.54) is 11.7 Å². The smallest absolute Gasteiger partial charge is 0.366 e. The van der Waals surface area contributed by atoms with E-state index in [2.05, 4.69) is 10.2 Å². The highest BCUT2D eigenvalue weighted by atomic mass is 16.5. The van der Waals surface area contributed by atoms with E-state index in [4.69, 9.17) is 4.74 Å². The van der Waals surface area contributed by atoms with Crippen molar-refractivity contribution < 1.29 is 14.3 Å². The summed E-state index contributed by atoms with van der Waals surface area (Å²) in [5.74, 6) is -0.293. The van der Waals surface area contributed by atoms with E-state index < -0.39 is 5.97 Å². The number of aromatic nitrogens is 3. The second-order valence-corrected chi connectivity index (χ2v) is 5.23. The number of aryl methyl sites for hydroxylation is 1. The molecule has 0 fully saturated rings. The number of hydrogen-bond acceptors (Lipinski definition) is 5. The molecule has 0 aliphatic rings. The van der Waals surface area contributed by atoms with Crippen molar-refractivity contribution in [2.45, 2.75) is 13.8 Å². The minimum atomic E-state index is -0.592. The van der Waals surface area contributed by atoms with E-state index in [1.54, 1.807) is 31.2 Å². The lowest BCUT2D eigenvalue weighted by Crippen LogP contribution is -2.11. The maximum absolute atomic E-state index is 12.3. The largest absolute Gasteiger partial charge is 0.422 e. The first-order valence-electron chi connectivity index (χ1n) is 7.37. The third-order valence-electron chi connectivity index (χ3n) is 3.43. The Labute approximate surface area is 138 Å². The second kappa shape index (κ2) is 6.45. The van der Waals surface area contributed by atoms with E-state index in [0.717, 1.165) is 5.69 Å². The number of hydrogen-bond donors (Lipinski definition) is 0. The molecule has 0 bridgehead atoms. The molecule has 6 nitrogen and oxygen atoms in total. The fraction of sp³-hybridized carbons (Fsp3) is 0.111. The lowest BCUT2D eigenvalue weighted by Gasteiger charge is -2.03. The molecule has 120 valence electrons. The van der Waals surface area contributed by atoms with Gasteiger partial charge < -0.3 is 4.74 Å². The van der Waals surface area contributed by atoms with Gasteiger partial charge in [-0.05, 0) is 50.2 Å². The Morgan fingerprint density at radius 3 is 2.25 bits per heavy atom. The zero-order valence-electron chi connectivity index (χ0n) is 13.3. The SMILES string of the molecule is CC(=O)c1ccc(OC(=O)c2nn(-c3ccccc3)nc2C)cc1. The Morgan fingerprint density at radius 2 is 1.62 bits per heavy atom. The molecule has 0 atom stereocenters. The fourth-order valence-corrected chi connectivity index (χ4v) is 2.16. The predicted octanol–water partition coefficient (Wildman–Crippen LogP) is 3.00. The van der Waals surface area contributed by atoms with Gasteiger partial charge in [-0.2, -0.15) is 9.90 Å². The van der Waals surface area contributed by atoms with Crippen molar-refractivity contribution in [3.8, 4) is 11.4 Å². The van der Waals surface area contributed by atoms with Crippen LogP contribution in [0.3, 0.4) is 0 Å². The summed E-state index contributed by atoms with van der Waals surface area (Å²) >= 11 is 0. The first kappa shape index (κ1) is 15.6. The van der Waals surface area contributed by atoms with E-state index >= 15 is 0 Å². The Morgan fingerprint density at radius 1 is 0.958 bits per heavy atom. The Hall–Kier alpha value is -3.28. The fourth-order valence-electron chi connectivity index (χ4n) is 2.16. The minimum absolute atomic E-state index is 0.0467. The first-order valence-corrected chi connectivity index (χ1v) is 7.37. The van der Waals surface area contributed by atoms with E-state index in [9.17, 15) is 9.59 Å². The number of carbonyl (C=O) groups is 2. The van der Waals surface area contributed by atoms with Crippen LogP contribution in [-0.2, 0) is 0 Å². The summed E-state index contributed by atoms with van der Waals surface area (Å²) in [6.07, 6.45) is 0. The minimum Gasteiger partial charge on any atom is -0.422 e. The van der Waals surface area contributed by atoms with Gasteiger partial charge in [-0.1, -0.05) is 18.2 Å². The van der Waals surface area contributed by atoms with E-state index in [0.29, 0.717) is 17.0 Å². The van der Waals surface area contributed by atoms with Crippen molar-refractivity contribution in [3.63, 3.8) is 0 Å². The van der Waals surface area contributed by atoms with Crippen LogP contribution in [0.4, 0.5) is 0 Å². The highest BCUT2D eigenvalue weighted by Crippen LogP contribution is 2.15. The molecule has 0 radical (unpaired) electrons. The van der Waals surface area contributed by atoms with Crippen molar-refractivity contribution in [2.24, 2.45) is 0 Å². The van der Waals surface area contributed by atoms with Gasteiger partial charge in [0, 0.05) is 5.56 Å². The second-order valence-electron chi connectivity index (χ2n) is 5.23. The third-order valence-corrected chi connectivity index (χ3v) is 3.43. The number of para-hydroxylation sites is 1. The van der Waals surface area contributed by atoms with Crippen molar-refractivity contribution in [1.82, 2.24) is 15.0 Å². The van der Waals surface area contributed by atoms with E-state index in [1.807, 2.05) is 30.3 Å². The molecule has 0 saturated heterocycles. The number of Topliss-reactive ketones (excluding diaryl/α,β-unsaturated/α-hetero) is 1. The standard InChI is InChI=1S/C18H15N3O3/c1-12-17(20-21(19-12)15-6-4-3-5-7-15)18(23)24-16-10-8-14(9-11-16)13(2)22/h3-11H,1-2H3. The van der Waals surface area contributed by atoms with Crippen molar-refractivity contribution in [1.29, 1.82) is 0 Å². The highest BCUT2D eigenvalue weighted by molar-refractivity contribution is 5.94. The average Bonchev–Trinajstić information content (AvgIpc) is 2.98. The number of ether oxygens (including phenoxy) is 1. The van der Waals surface area contributed by atoms with Crippen LogP contribution in [0.2, 0.25) is 0 Å². The summed E-state index contributed by atoms with van der Waals surface area (Å²) in [6, 6.07) is 15.7. The lowest BCUT2D eigenvalue weighted by atomic mass is 10.1. The van der Waals surface area contributed by atoms with Crippen molar-refractivity contribution >= 4 is 11.8 Å². The Kier molecular flexibility index (Phi) is 4.20. The van der Waals surface area contributed by atoms with Gasteiger partial charge in [-0.3, -0.25) is 4.79 Å². The van der Waals surface area contributed by atoms with Crippen LogP contribution in [0, 0.1) is 6.92 Å². The number of nitrogens with zero attached hydrogens (tertiary/aromatic N) is 3. The molecule has 0 aliphatic heterocycles. The van der Waals surface area contributed by atoms with Gasteiger partial charge in [-0.25, -0.2) is 4.79 Å². The highest BCUT2D eigenvalue weighted by Gasteiger charge is 2.18. The number of benzene rings is 2. The maximum atomic E-state index is 12.3. The zero-order valence-corrected chi connectivity index (χ0v) is 13.3. The zero-order chi connectivity index (χ0) is 17.1. The molecule has 0 spiro atoms. The van der Waals surface area contributed by atoms with Crippen molar-refractivity contribution in [3.05, 3.63) is 71.5 Å². The molecule has 0 saturated carbocycles. The molecule has 0 N–H and O–H groups in total. The molecule has 1 heterocycles. The molecule has 2 aromatic carbocycles. The van der Waals surface area contributed by atoms with Gasteiger partial charge in [0.2, 0.25) is 0 Å². The molecule has 1 aromatic heterocycles. The molecule has 3 rings (SSSR count). The van der Waals surface area contributed by atoms with Crippen LogP contribution >= 0.6 is 0 Å². The van der Waals surface area contributed by atoms with Gasteiger partial charge in [0.25, 0.3) is 0 Å². The Balaban J connectivity index is 1.80. The quantitative estimate of drug-likeness (QED) is 0.419. The molecule has 0 amide bonds. The van der Waals surface area contributed by atoms with Crippen LogP contribution in [0.15, 0.2) is 54.6 Å². The predicted molar refractivity (Wildman–Crippen MR) is 87.5 cm³/mol. The molecule has 0 unspecified atom stereocenters. The van der Waals surface area contributed by atoms with Crippen molar-refractivity contribution in [2.75, 3.05) is 0 Å². The van der Waals surface area contributed by atoms with Crippen LogP contribution in [0.1, 0.15) is 33.5 Å². The van der Waals surface area contributed by atoms with E-state index in [-0.39, 0.29) is 11.5 Å². The molecule has 6 heteroatoms. The van der Waals surface area contributed by atoms with Crippen LogP contribution in [0.25, 0.3) is 5.69 Å². The number of carbonyl (C=O) groups excluding carboxylic acids is 2. The number of esters is 1. The number of rotatable bonds is 4. The van der Waals surface area contributed by atoms with Gasteiger partial charge in [0.15, 0.2) is 11.5 Å². The molecule has 0 aliphatic carbocycles. The normalized spacial score (nSPS) is 10.4. The van der Waals surface area contributed by atoms with Crippen LogP contribution < -0.4 is 4.74 Å². The molecular formula is C18H15N3O3. The summed E-state index contributed by atoms with van der Waals surface area (Å²) in [4.78, 5) is 24.9.